The molecule has 0 saturated carbocycles. The van der Waals surface area contributed by atoms with Crippen LogP contribution < -0.4 is 24.8 Å². The van der Waals surface area contributed by atoms with Crippen LogP contribution in [0.5, 0.6) is 23.0 Å². The molecule has 19 rings (SSSR count). The van der Waals surface area contributed by atoms with E-state index in [-0.39, 0.29) is 88.1 Å². The van der Waals surface area contributed by atoms with Gasteiger partial charge in [-0.3, -0.25) is 34.6 Å². The van der Waals surface area contributed by atoms with Crippen LogP contribution in [-0.4, -0.2) is 74.7 Å². The normalized spacial score (nSPS) is 13.4. The molecule has 0 bridgehead atoms. The molecule has 3 aromatic heterocycles. The summed E-state index contributed by atoms with van der Waals surface area (Å²) in [6.07, 6.45) is 10.00. The second-order valence-corrected chi connectivity index (χ2v) is 30.1. The average Bonchev–Trinajstić information content (AvgIpc) is 1.60. The maximum atomic E-state index is 12.0. The average molecular weight is 1970 g/mol. The molecule has 0 aliphatic carbocycles. The number of carbonyl (C=O) groups is 6. The van der Waals surface area contributed by atoms with Crippen LogP contribution in [0.2, 0.25) is 0 Å². The van der Waals surface area contributed by atoms with Gasteiger partial charge in [0.1, 0.15) is 46.4 Å². The Balaban J connectivity index is 0.000000138. The Hall–Kier alpha value is -12.2. The molecule has 5 heterocycles. The standard InChI is InChI=1S/2C17H13NO3.C16H15BrO3.C16H14O3.C11H9BrO.C11H10O.C10H7BrO.CH3.W/c2*19-16-6-5-12(17(20)18-16)14-9-21-15-8-11-4-2-1-3-10(11)7-13(14)15;1-2-19-16(18)8-5-9-20-15-11-13-7-4-3-6-12(13)10-14(15)17;1-2-18-16(17)9-13-10-19-15-8-12-6-4-3-5-11(12)7-14(13)15;1-13-11-7-9-5-3-2-4-8(9)6-10(11)12;1-12-11-7-6-9-4-2-3-5-10(9)8-11;11-9-5-7-3-1-2-4-8(7)6-10(9)12;;/h2*1-4,7-9,12H,5-6H2,(H,18,19,20);3-8,10-11H,2,9H2,1H3;3-8,10H,2,9H2,1H3;2-7H,1H3;2-8H,1H3;1-6,12H;1H3;/q;;;;;;;-1;/b;;8-5+;;;;;;. The van der Waals surface area contributed by atoms with Gasteiger partial charge in [-0.25, -0.2) is 4.79 Å². The van der Waals surface area contributed by atoms with Gasteiger partial charge in [-0.05, 0) is 241 Å². The number of methoxy groups -OCH3 is 2. The third-order valence-corrected chi connectivity index (χ3v) is 21.7. The van der Waals surface area contributed by atoms with E-state index in [1.54, 1.807) is 59.0 Å². The number of halogens is 3. The molecule has 2 fully saturated rings. The van der Waals surface area contributed by atoms with Crippen molar-refractivity contribution in [3.05, 3.63) is 329 Å². The summed E-state index contributed by atoms with van der Waals surface area (Å²) in [7, 11) is 3.36. The zero-order valence-corrected chi connectivity index (χ0v) is 73.9. The number of ether oxygens (including phenoxy) is 5. The Morgan fingerprint density at radius 1 is 0.433 bits per heavy atom. The monoisotopic (exact) mass is 1960 g/mol. The van der Waals surface area contributed by atoms with Crippen LogP contribution in [0.15, 0.2) is 318 Å². The van der Waals surface area contributed by atoms with Crippen molar-refractivity contribution in [3.63, 3.8) is 0 Å². The molecule has 4 amide bonds. The minimum Gasteiger partial charge on any atom is -0.507 e. The van der Waals surface area contributed by atoms with Crippen LogP contribution in [0, 0.1) is 7.43 Å². The fraction of sp³-hybridized carbons (Fsp3) is 0.141. The Morgan fingerprint density at radius 3 is 1.23 bits per heavy atom. The van der Waals surface area contributed by atoms with E-state index < -0.39 is 0 Å². The molecular weight excluding hydrogens is 1880 g/mol. The molecule has 2 aliphatic heterocycles. The van der Waals surface area contributed by atoms with E-state index in [1.807, 2.05) is 206 Å². The number of benzene rings is 14. The smallest absolute Gasteiger partial charge is 0.330 e. The topological polar surface area (TPSA) is 232 Å². The second-order valence-electron chi connectivity index (χ2n) is 27.5. The molecule has 17 aromatic rings. The predicted octanol–water partition coefficient (Wildman–Crippen LogP) is 24.2. The fourth-order valence-electron chi connectivity index (χ4n) is 13.9. The molecule has 0 radical (unpaired) electrons. The molecule has 2 atom stereocenters. The molecule has 14 aromatic carbocycles. The molecular formula is C99H84Br3N2O15W-. The molecule has 17 nitrogen and oxygen atoms in total. The quantitative estimate of drug-likeness (QED) is 0.0447. The van der Waals surface area contributed by atoms with E-state index >= 15 is 0 Å². The van der Waals surface area contributed by atoms with Gasteiger partial charge in [0.15, 0.2) is 0 Å². The van der Waals surface area contributed by atoms with Crippen LogP contribution in [0.25, 0.3) is 108 Å². The third kappa shape index (κ3) is 22.4. The van der Waals surface area contributed by atoms with E-state index in [9.17, 15) is 33.9 Å². The number of amides is 4. The van der Waals surface area contributed by atoms with Crippen molar-refractivity contribution in [1.82, 2.24) is 10.6 Å². The number of carbonyl (C=O) groups excluding carboxylic acids is 6. The van der Waals surface area contributed by atoms with E-state index in [0.29, 0.717) is 45.5 Å². The maximum Gasteiger partial charge on any atom is 0.330 e. The van der Waals surface area contributed by atoms with Gasteiger partial charge in [0, 0.05) is 72.8 Å². The van der Waals surface area contributed by atoms with Crippen molar-refractivity contribution >= 4 is 192 Å². The van der Waals surface area contributed by atoms with Crippen LogP contribution in [0.1, 0.15) is 68.1 Å². The summed E-state index contributed by atoms with van der Waals surface area (Å²) >= 11 is 10.2. The minimum absolute atomic E-state index is 0. The van der Waals surface area contributed by atoms with Gasteiger partial charge in [0.25, 0.3) is 0 Å². The van der Waals surface area contributed by atoms with E-state index in [4.69, 9.17) is 36.9 Å². The number of aromatic hydroxyl groups is 1. The van der Waals surface area contributed by atoms with E-state index in [2.05, 4.69) is 107 Å². The third-order valence-electron chi connectivity index (χ3n) is 19.8. The molecule has 120 heavy (non-hydrogen) atoms. The van der Waals surface area contributed by atoms with Gasteiger partial charge >= 0.3 is 11.9 Å². The Kier molecular flexibility index (Phi) is 31.4. The van der Waals surface area contributed by atoms with Gasteiger partial charge < -0.3 is 49.5 Å². The number of nitrogens with one attached hydrogen (secondary N) is 2. The van der Waals surface area contributed by atoms with Crippen molar-refractivity contribution in [2.45, 2.75) is 57.8 Å². The predicted molar refractivity (Wildman–Crippen MR) is 483 cm³/mol. The number of hydrogen-bond acceptors (Lipinski definition) is 15. The number of imide groups is 2. The zero-order chi connectivity index (χ0) is 82.6. The van der Waals surface area contributed by atoms with Crippen LogP contribution >= 0.6 is 47.8 Å². The molecule has 2 unspecified atom stereocenters. The number of phenols is 1. The molecule has 2 saturated heterocycles. The summed E-state index contributed by atoms with van der Waals surface area (Å²) in [4.78, 5) is 69.3. The molecule has 0 spiro atoms. The Bertz CT molecular complexity index is 6380. The second kappa shape index (κ2) is 42.5. The van der Waals surface area contributed by atoms with Gasteiger partial charge in [-0.2, -0.15) is 0 Å². The first kappa shape index (κ1) is 88.6. The maximum absolute atomic E-state index is 12.0. The van der Waals surface area contributed by atoms with Crippen LogP contribution in [0.3, 0.4) is 0 Å². The number of phenolic OH excluding ortho intramolecular Hbond substituents is 1. The van der Waals surface area contributed by atoms with Crippen LogP contribution in [0.4, 0.5) is 0 Å². The van der Waals surface area contributed by atoms with Crippen molar-refractivity contribution in [2.75, 3.05) is 34.0 Å². The van der Waals surface area contributed by atoms with Crippen LogP contribution in [-0.2, 0) is 65.7 Å². The number of esters is 2. The molecule has 21 heteroatoms. The summed E-state index contributed by atoms with van der Waals surface area (Å²) in [5, 5.41) is 33.1. The Labute approximate surface area is 732 Å². The van der Waals surface area contributed by atoms with E-state index in [0.717, 1.165) is 134 Å². The van der Waals surface area contributed by atoms with Gasteiger partial charge in [0.2, 0.25) is 23.6 Å². The number of rotatable bonds is 12. The number of fused-ring (bicyclic) bond motifs is 10. The number of hydrogen-bond donors (Lipinski definition) is 3. The van der Waals surface area contributed by atoms with Crippen molar-refractivity contribution < 1.29 is 91.9 Å². The van der Waals surface area contributed by atoms with Crippen molar-refractivity contribution in [1.29, 1.82) is 0 Å². The summed E-state index contributed by atoms with van der Waals surface area (Å²) in [5.74, 6) is 0.744. The summed E-state index contributed by atoms with van der Waals surface area (Å²) < 4.78 is 45.1. The number of piperidine rings is 2. The van der Waals surface area contributed by atoms with Gasteiger partial charge in [-0.15, -0.1) is 0 Å². The van der Waals surface area contributed by atoms with Crippen molar-refractivity contribution in [2.24, 2.45) is 0 Å². The SMILES string of the molecule is CCOC(=O)/C=C/COc1cc2ccccc2cc1Br.CCOC(=O)Cc1coc2cc3ccccc3cc12.COc1cc2ccccc2cc1Br.COc1ccc2ccccc2c1.O=C1CCC(c2coc3cc4ccccc4cc23)C(=O)N1.O=C1CCC(c2coc3cc4ccccc4cc23)C(=O)N1.Oc1cc2ccccc2cc1Br.[CH3-].[W]. The Morgan fingerprint density at radius 2 is 0.800 bits per heavy atom. The van der Waals surface area contributed by atoms with Gasteiger partial charge in [0.05, 0.1) is 77.9 Å². The first-order chi connectivity index (χ1) is 57.4. The van der Waals surface area contributed by atoms with Crippen molar-refractivity contribution in [3.8, 4) is 23.0 Å². The first-order valence-corrected chi connectivity index (χ1v) is 40.6. The van der Waals surface area contributed by atoms with Gasteiger partial charge in [-0.1, -0.05) is 176 Å². The molecule has 2 aliphatic rings. The molecule has 3 N–H and O–H groups in total. The minimum atomic E-state index is -0.353. The van der Waals surface area contributed by atoms with E-state index in [1.165, 1.54) is 27.6 Å². The largest absolute Gasteiger partial charge is 0.507 e. The zero-order valence-electron chi connectivity index (χ0n) is 66.2. The summed E-state index contributed by atoms with van der Waals surface area (Å²) in [6.45, 7) is 4.67. The summed E-state index contributed by atoms with van der Waals surface area (Å²) in [6, 6.07) is 86.5. The summed E-state index contributed by atoms with van der Waals surface area (Å²) in [5.41, 5.74) is 4.94. The fourth-order valence-corrected chi connectivity index (χ4v) is 15.2. The molecule has 608 valence electrons. The number of furan rings is 3. The first-order valence-electron chi connectivity index (χ1n) is 38.2.